The fourth-order valence-electron chi connectivity index (χ4n) is 4.73. The van der Waals surface area contributed by atoms with E-state index in [-0.39, 0.29) is 23.8 Å². The lowest BCUT2D eigenvalue weighted by molar-refractivity contribution is 0.244. The summed E-state index contributed by atoms with van der Waals surface area (Å²) in [5.41, 5.74) is 4.10. The molecule has 0 spiro atoms. The van der Waals surface area contributed by atoms with Gasteiger partial charge in [-0.1, -0.05) is 48.5 Å². The molecule has 0 bridgehead atoms. The first-order chi connectivity index (χ1) is 15.7. The molecule has 2 atom stereocenters. The molecule has 4 aromatic rings. The van der Waals surface area contributed by atoms with E-state index in [9.17, 15) is 9.18 Å². The number of halogens is 1. The van der Waals surface area contributed by atoms with Crippen molar-refractivity contribution in [2.45, 2.75) is 31.2 Å². The van der Waals surface area contributed by atoms with E-state index >= 15 is 0 Å². The van der Waals surface area contributed by atoms with E-state index in [1.165, 1.54) is 11.6 Å². The van der Waals surface area contributed by atoms with Crippen molar-refractivity contribution in [1.82, 2.24) is 10.3 Å². The largest absolute Gasteiger partial charge is 0.334 e. The number of hydrogen-bond acceptors (Lipinski definition) is 2. The number of carbonyl (C=O) groups excluding carboxylic acids is 1. The number of amides is 2. The summed E-state index contributed by atoms with van der Waals surface area (Å²) in [6, 6.07) is 22.6. The third kappa shape index (κ3) is 4.19. The molecule has 2 amide bonds. The van der Waals surface area contributed by atoms with Gasteiger partial charge in [0.05, 0.1) is 5.69 Å². The van der Waals surface area contributed by atoms with E-state index in [0.717, 1.165) is 46.8 Å². The van der Waals surface area contributed by atoms with Crippen molar-refractivity contribution in [3.05, 3.63) is 108 Å². The van der Waals surface area contributed by atoms with Crippen LogP contribution in [0.15, 0.2) is 85.2 Å². The first-order valence-corrected chi connectivity index (χ1v) is 10.9. The van der Waals surface area contributed by atoms with Crippen molar-refractivity contribution < 1.29 is 9.18 Å². The summed E-state index contributed by atoms with van der Waals surface area (Å²) in [4.78, 5) is 17.1. The van der Waals surface area contributed by atoms with Crippen LogP contribution in [0.5, 0.6) is 0 Å². The zero-order chi connectivity index (χ0) is 21.9. The summed E-state index contributed by atoms with van der Waals surface area (Å²) in [5.74, 6) is -0.138. The molecule has 1 aliphatic carbocycles. The van der Waals surface area contributed by atoms with Crippen LogP contribution in [0, 0.1) is 5.82 Å². The molecular formula is C27H24FN3O. The van der Waals surface area contributed by atoms with Crippen LogP contribution in [0.2, 0.25) is 0 Å². The Morgan fingerprint density at radius 2 is 1.91 bits per heavy atom. The maximum atomic E-state index is 13.8. The minimum atomic E-state index is -0.233. The monoisotopic (exact) mass is 425 g/mol. The molecule has 1 aliphatic rings. The highest BCUT2D eigenvalue weighted by atomic mass is 19.1. The van der Waals surface area contributed by atoms with E-state index in [4.69, 9.17) is 0 Å². The molecule has 0 unspecified atom stereocenters. The number of rotatable bonds is 4. The Bertz CT molecular complexity index is 1250. The van der Waals surface area contributed by atoms with Crippen molar-refractivity contribution >= 4 is 22.5 Å². The topological polar surface area (TPSA) is 54.0 Å². The van der Waals surface area contributed by atoms with Gasteiger partial charge in [-0.2, -0.15) is 0 Å². The molecule has 1 heterocycles. The fourth-order valence-corrected chi connectivity index (χ4v) is 4.73. The normalized spacial score (nSPS) is 17.5. The zero-order valence-corrected chi connectivity index (χ0v) is 17.6. The quantitative estimate of drug-likeness (QED) is 0.432. The number of nitrogens with one attached hydrogen (secondary N) is 2. The van der Waals surface area contributed by atoms with E-state index < -0.39 is 0 Å². The molecule has 5 rings (SSSR count). The van der Waals surface area contributed by atoms with Crippen LogP contribution in [0.3, 0.4) is 0 Å². The van der Waals surface area contributed by atoms with Crippen molar-refractivity contribution in [1.29, 1.82) is 0 Å². The first-order valence-electron chi connectivity index (χ1n) is 10.9. The number of urea groups is 1. The van der Waals surface area contributed by atoms with Crippen molar-refractivity contribution in [3.8, 4) is 0 Å². The summed E-state index contributed by atoms with van der Waals surface area (Å²) < 4.78 is 13.8. The SMILES string of the molecule is O=C(Nc1cccc2cnccc12)N[C@H]1CCc2cc(F)ccc2[C@H]1Cc1ccccc1. The molecule has 2 N–H and O–H groups in total. The first kappa shape index (κ1) is 20.2. The van der Waals surface area contributed by atoms with Gasteiger partial charge in [0.15, 0.2) is 0 Å². The zero-order valence-electron chi connectivity index (χ0n) is 17.6. The predicted molar refractivity (Wildman–Crippen MR) is 125 cm³/mol. The molecule has 160 valence electrons. The van der Waals surface area contributed by atoms with E-state index in [0.29, 0.717) is 0 Å². The average Bonchev–Trinajstić information content (AvgIpc) is 2.81. The van der Waals surface area contributed by atoms with Gasteiger partial charge in [-0.3, -0.25) is 4.98 Å². The number of hydrogen-bond donors (Lipinski definition) is 2. The average molecular weight is 426 g/mol. The molecule has 0 radical (unpaired) electrons. The Hall–Kier alpha value is -3.73. The van der Waals surface area contributed by atoms with Gasteiger partial charge in [0.25, 0.3) is 0 Å². The molecule has 3 aromatic carbocycles. The van der Waals surface area contributed by atoms with Crippen molar-refractivity contribution in [2.24, 2.45) is 0 Å². The Morgan fingerprint density at radius 3 is 2.78 bits per heavy atom. The van der Waals surface area contributed by atoms with E-state index in [2.05, 4.69) is 27.8 Å². The highest BCUT2D eigenvalue weighted by molar-refractivity contribution is 6.01. The number of aryl methyl sites for hydroxylation is 1. The van der Waals surface area contributed by atoms with Crippen LogP contribution < -0.4 is 10.6 Å². The maximum absolute atomic E-state index is 13.8. The fraction of sp³-hybridized carbons (Fsp3) is 0.185. The minimum absolute atomic E-state index is 0.0511. The third-order valence-corrected chi connectivity index (χ3v) is 6.26. The highest BCUT2D eigenvalue weighted by Crippen LogP contribution is 2.35. The van der Waals surface area contributed by atoms with Gasteiger partial charge in [0.1, 0.15) is 5.82 Å². The third-order valence-electron chi connectivity index (χ3n) is 6.26. The van der Waals surface area contributed by atoms with Gasteiger partial charge in [-0.15, -0.1) is 0 Å². The van der Waals surface area contributed by atoms with Crippen molar-refractivity contribution in [2.75, 3.05) is 5.32 Å². The summed E-state index contributed by atoms with van der Waals surface area (Å²) in [5, 5.41) is 8.13. The molecule has 0 saturated heterocycles. The molecule has 0 fully saturated rings. The molecule has 5 heteroatoms. The van der Waals surface area contributed by atoms with Gasteiger partial charge in [-0.05, 0) is 60.2 Å². The van der Waals surface area contributed by atoms with Crippen LogP contribution in [-0.2, 0) is 12.8 Å². The van der Waals surface area contributed by atoms with Gasteiger partial charge in [0, 0.05) is 35.1 Å². The Morgan fingerprint density at radius 1 is 1.03 bits per heavy atom. The number of pyridine rings is 1. The number of anilines is 1. The lowest BCUT2D eigenvalue weighted by Gasteiger charge is -2.34. The van der Waals surface area contributed by atoms with E-state index in [1.807, 2.05) is 48.5 Å². The van der Waals surface area contributed by atoms with Crippen LogP contribution in [0.4, 0.5) is 14.9 Å². The van der Waals surface area contributed by atoms with Crippen LogP contribution in [0.25, 0.3) is 10.8 Å². The molecular weight excluding hydrogens is 401 g/mol. The summed E-state index contributed by atoms with van der Waals surface area (Å²) in [6.45, 7) is 0. The summed E-state index contributed by atoms with van der Waals surface area (Å²) in [7, 11) is 0. The lowest BCUT2D eigenvalue weighted by Crippen LogP contribution is -2.44. The van der Waals surface area contributed by atoms with Gasteiger partial charge < -0.3 is 10.6 Å². The molecule has 32 heavy (non-hydrogen) atoms. The smallest absolute Gasteiger partial charge is 0.319 e. The van der Waals surface area contributed by atoms with Gasteiger partial charge in [-0.25, -0.2) is 9.18 Å². The van der Waals surface area contributed by atoms with Crippen LogP contribution in [0.1, 0.15) is 29.0 Å². The summed E-state index contributed by atoms with van der Waals surface area (Å²) >= 11 is 0. The number of fused-ring (bicyclic) bond motifs is 2. The lowest BCUT2D eigenvalue weighted by atomic mass is 9.76. The number of nitrogens with zero attached hydrogens (tertiary/aromatic N) is 1. The second-order valence-corrected chi connectivity index (χ2v) is 8.29. The second kappa shape index (κ2) is 8.79. The molecule has 4 nitrogen and oxygen atoms in total. The Kier molecular flexibility index (Phi) is 5.55. The van der Waals surface area contributed by atoms with Crippen LogP contribution in [-0.4, -0.2) is 17.1 Å². The standard InChI is InChI=1S/C27H24FN3O/c28-21-10-11-22-19(16-21)9-12-26(24(22)15-18-5-2-1-3-6-18)31-27(32)30-25-8-4-7-20-17-29-14-13-23(20)25/h1-8,10-11,13-14,16-17,24,26H,9,12,15H2,(H2,30,31,32)/t24-,26+/m1/s1. The van der Waals surface area contributed by atoms with E-state index in [1.54, 1.807) is 18.5 Å². The number of carbonyl (C=O) groups is 1. The molecule has 0 saturated carbocycles. The molecule has 0 aliphatic heterocycles. The minimum Gasteiger partial charge on any atom is -0.334 e. The van der Waals surface area contributed by atoms with Gasteiger partial charge >= 0.3 is 6.03 Å². The Labute approximate surface area is 186 Å². The van der Waals surface area contributed by atoms with Crippen LogP contribution >= 0.6 is 0 Å². The summed E-state index contributed by atoms with van der Waals surface area (Å²) in [6.07, 6.45) is 5.79. The predicted octanol–water partition coefficient (Wildman–Crippen LogP) is 5.84. The number of benzene rings is 3. The number of aromatic nitrogens is 1. The highest BCUT2D eigenvalue weighted by Gasteiger charge is 2.31. The molecule has 1 aromatic heterocycles. The maximum Gasteiger partial charge on any atom is 0.319 e. The van der Waals surface area contributed by atoms with Crippen molar-refractivity contribution in [3.63, 3.8) is 0 Å². The second-order valence-electron chi connectivity index (χ2n) is 8.29. The van der Waals surface area contributed by atoms with Gasteiger partial charge in [0.2, 0.25) is 0 Å². The Balaban J connectivity index is 1.39.